The number of hydrogen-bond acceptors (Lipinski definition) is 7. The standard InChI is InChI=1S/C29H38N6O3.H2/c1-19-14-22(2-5-24(19)29(36)33-23-3-4-23)25-18-32-35-27(31-17-21-8-12-38-13-9-21)15-26(34-28(25)35)30-16-20-6-10-37-11-7-20;/h2,5,14-15,18,20-21,23,31H,3-4,6-13,16-17H2,1H3,(H,30,34)(H,33,36);1H. The van der Waals surface area contributed by atoms with Gasteiger partial charge in [0.1, 0.15) is 11.6 Å². The number of nitrogens with zero attached hydrogens (tertiary/aromatic N) is 3. The van der Waals surface area contributed by atoms with Crippen molar-refractivity contribution in [3.8, 4) is 11.1 Å². The topological polar surface area (TPSA) is 102 Å². The third-order valence-corrected chi connectivity index (χ3v) is 7.99. The number of nitrogens with one attached hydrogen (secondary N) is 3. The molecule has 1 amide bonds. The number of carbonyl (C=O) groups excluding carboxylic acids is 1. The number of anilines is 2. The second-order valence-electron chi connectivity index (χ2n) is 11.0. The van der Waals surface area contributed by atoms with Gasteiger partial charge in [0, 0.05) is 64.2 Å². The molecule has 3 aliphatic rings. The lowest BCUT2D eigenvalue weighted by Crippen LogP contribution is -2.26. The first-order valence-corrected chi connectivity index (χ1v) is 14.1. The first-order valence-electron chi connectivity index (χ1n) is 14.1. The van der Waals surface area contributed by atoms with E-state index in [9.17, 15) is 4.79 Å². The number of ether oxygens (including phenoxy) is 2. The summed E-state index contributed by atoms with van der Waals surface area (Å²) in [6.07, 6.45) is 8.31. The van der Waals surface area contributed by atoms with Crippen molar-refractivity contribution in [3.05, 3.63) is 41.6 Å². The van der Waals surface area contributed by atoms with Crippen molar-refractivity contribution in [2.75, 3.05) is 50.2 Å². The molecule has 0 radical (unpaired) electrons. The largest absolute Gasteiger partial charge is 0.381 e. The molecule has 2 saturated heterocycles. The van der Waals surface area contributed by atoms with Gasteiger partial charge in [-0.15, -0.1) is 0 Å². The van der Waals surface area contributed by atoms with E-state index in [0.717, 1.165) is 118 Å². The van der Waals surface area contributed by atoms with Crippen LogP contribution in [0.15, 0.2) is 30.5 Å². The lowest BCUT2D eigenvalue weighted by atomic mass is 10.0. The van der Waals surface area contributed by atoms with Gasteiger partial charge in [-0.3, -0.25) is 4.79 Å². The molecule has 204 valence electrons. The zero-order chi connectivity index (χ0) is 25.9. The molecule has 1 aromatic carbocycles. The van der Waals surface area contributed by atoms with E-state index < -0.39 is 0 Å². The second kappa shape index (κ2) is 11.3. The highest BCUT2D eigenvalue weighted by Crippen LogP contribution is 2.30. The van der Waals surface area contributed by atoms with E-state index in [0.29, 0.717) is 17.9 Å². The fraction of sp³-hybridized carbons (Fsp3) is 0.552. The molecule has 9 nitrogen and oxygen atoms in total. The Kier molecular flexibility index (Phi) is 7.47. The predicted molar refractivity (Wildman–Crippen MR) is 150 cm³/mol. The van der Waals surface area contributed by atoms with Gasteiger partial charge in [-0.2, -0.15) is 9.61 Å². The number of aromatic nitrogens is 3. The third kappa shape index (κ3) is 5.78. The summed E-state index contributed by atoms with van der Waals surface area (Å²) in [5, 5.41) is 15.1. The van der Waals surface area contributed by atoms with Crippen molar-refractivity contribution < 1.29 is 15.7 Å². The van der Waals surface area contributed by atoms with Crippen LogP contribution in [-0.4, -0.2) is 66.1 Å². The molecule has 0 spiro atoms. The van der Waals surface area contributed by atoms with Crippen LogP contribution in [0, 0.1) is 18.8 Å². The zero-order valence-electron chi connectivity index (χ0n) is 22.2. The average molecular weight is 521 g/mol. The maximum atomic E-state index is 12.6. The minimum absolute atomic E-state index is 0. The number of benzene rings is 1. The smallest absolute Gasteiger partial charge is 0.251 e. The second-order valence-corrected chi connectivity index (χ2v) is 11.0. The van der Waals surface area contributed by atoms with Crippen LogP contribution in [-0.2, 0) is 9.47 Å². The van der Waals surface area contributed by atoms with Crippen LogP contribution < -0.4 is 16.0 Å². The Morgan fingerprint density at radius 2 is 1.66 bits per heavy atom. The Hall–Kier alpha value is -3.17. The summed E-state index contributed by atoms with van der Waals surface area (Å²) in [6, 6.07) is 8.40. The highest BCUT2D eigenvalue weighted by molar-refractivity contribution is 5.97. The summed E-state index contributed by atoms with van der Waals surface area (Å²) in [5.74, 6) is 2.95. The molecule has 0 bridgehead atoms. The van der Waals surface area contributed by atoms with Crippen LogP contribution >= 0.6 is 0 Å². The minimum Gasteiger partial charge on any atom is -0.381 e. The Morgan fingerprint density at radius 1 is 0.974 bits per heavy atom. The summed E-state index contributed by atoms with van der Waals surface area (Å²) >= 11 is 0. The molecule has 6 rings (SSSR count). The highest BCUT2D eigenvalue weighted by Gasteiger charge is 2.25. The molecule has 38 heavy (non-hydrogen) atoms. The number of rotatable bonds is 9. The van der Waals surface area contributed by atoms with Crippen molar-refractivity contribution in [2.24, 2.45) is 11.8 Å². The van der Waals surface area contributed by atoms with Crippen LogP contribution in [0.3, 0.4) is 0 Å². The molecule has 3 N–H and O–H groups in total. The fourth-order valence-electron chi connectivity index (χ4n) is 5.36. The molecule has 1 saturated carbocycles. The van der Waals surface area contributed by atoms with E-state index >= 15 is 0 Å². The molecule has 1 aliphatic carbocycles. The van der Waals surface area contributed by atoms with E-state index in [1.807, 2.05) is 29.8 Å². The zero-order valence-corrected chi connectivity index (χ0v) is 22.2. The minimum atomic E-state index is 0. The van der Waals surface area contributed by atoms with E-state index in [4.69, 9.17) is 19.6 Å². The summed E-state index contributed by atoms with van der Waals surface area (Å²) in [4.78, 5) is 17.7. The molecule has 9 heteroatoms. The highest BCUT2D eigenvalue weighted by atomic mass is 16.5. The molecule has 4 heterocycles. The van der Waals surface area contributed by atoms with Gasteiger partial charge in [-0.1, -0.05) is 12.1 Å². The quantitative estimate of drug-likeness (QED) is 0.381. The molecular weight excluding hydrogens is 480 g/mol. The molecule has 2 aliphatic heterocycles. The Morgan fingerprint density at radius 3 is 2.32 bits per heavy atom. The SMILES string of the molecule is Cc1cc(-c2cnn3c(NCC4CCOCC4)cc(NCC4CCOCC4)nc23)ccc1C(=O)NC1CC1.[HH]. The summed E-state index contributed by atoms with van der Waals surface area (Å²) in [7, 11) is 0. The number of carbonyl (C=O) groups is 1. The van der Waals surface area contributed by atoms with Crippen molar-refractivity contribution in [1.82, 2.24) is 19.9 Å². The average Bonchev–Trinajstić information content (AvgIpc) is 3.66. The van der Waals surface area contributed by atoms with Gasteiger partial charge in [0.15, 0.2) is 5.65 Å². The fourth-order valence-corrected chi connectivity index (χ4v) is 5.36. The van der Waals surface area contributed by atoms with Crippen molar-refractivity contribution in [3.63, 3.8) is 0 Å². The van der Waals surface area contributed by atoms with Crippen LogP contribution in [0.1, 0.15) is 55.9 Å². The van der Waals surface area contributed by atoms with Gasteiger partial charge < -0.3 is 25.4 Å². The van der Waals surface area contributed by atoms with E-state index in [-0.39, 0.29) is 7.33 Å². The van der Waals surface area contributed by atoms with E-state index in [1.165, 1.54) is 0 Å². The van der Waals surface area contributed by atoms with Gasteiger partial charge in [0.2, 0.25) is 0 Å². The predicted octanol–water partition coefficient (Wildman–Crippen LogP) is 4.52. The third-order valence-electron chi connectivity index (χ3n) is 7.99. The van der Waals surface area contributed by atoms with Crippen LogP contribution in [0.25, 0.3) is 16.8 Å². The van der Waals surface area contributed by atoms with Gasteiger partial charge in [0.05, 0.1) is 6.20 Å². The van der Waals surface area contributed by atoms with Crippen LogP contribution in [0.4, 0.5) is 11.6 Å². The van der Waals surface area contributed by atoms with Crippen molar-refractivity contribution >= 4 is 23.2 Å². The summed E-state index contributed by atoms with van der Waals surface area (Å²) in [6.45, 7) is 7.06. The Labute approximate surface area is 225 Å². The lowest BCUT2D eigenvalue weighted by molar-refractivity contribution is 0.0698. The molecule has 0 unspecified atom stereocenters. The summed E-state index contributed by atoms with van der Waals surface area (Å²) in [5.41, 5.74) is 4.43. The summed E-state index contributed by atoms with van der Waals surface area (Å²) < 4.78 is 13.0. The van der Waals surface area contributed by atoms with Gasteiger partial charge in [-0.05, 0) is 74.5 Å². The number of amides is 1. The monoisotopic (exact) mass is 520 g/mol. The number of aryl methyl sites for hydroxylation is 1. The number of fused-ring (bicyclic) bond motifs is 1. The molecule has 3 aromatic rings. The number of hydrogen-bond donors (Lipinski definition) is 3. The molecular formula is C29H40N6O3. The molecule has 3 fully saturated rings. The Balaban J connectivity index is 0.00000308. The maximum absolute atomic E-state index is 12.6. The van der Waals surface area contributed by atoms with Crippen LogP contribution in [0.5, 0.6) is 0 Å². The molecule has 0 atom stereocenters. The van der Waals surface area contributed by atoms with Gasteiger partial charge in [0.25, 0.3) is 5.91 Å². The Bertz CT molecular complexity index is 1280. The normalized spacial score (nSPS) is 19.0. The van der Waals surface area contributed by atoms with Crippen molar-refractivity contribution in [1.29, 1.82) is 0 Å². The van der Waals surface area contributed by atoms with Gasteiger partial charge in [-0.25, -0.2) is 4.98 Å². The maximum Gasteiger partial charge on any atom is 0.251 e. The van der Waals surface area contributed by atoms with Gasteiger partial charge >= 0.3 is 0 Å². The lowest BCUT2D eigenvalue weighted by Gasteiger charge is -2.24. The van der Waals surface area contributed by atoms with Crippen molar-refractivity contribution in [2.45, 2.75) is 51.5 Å². The van der Waals surface area contributed by atoms with E-state index in [2.05, 4.69) is 28.1 Å². The first kappa shape index (κ1) is 25.1. The van der Waals surface area contributed by atoms with E-state index in [1.54, 1.807) is 0 Å². The first-order chi connectivity index (χ1) is 18.6. The van der Waals surface area contributed by atoms with Crippen LogP contribution in [0.2, 0.25) is 0 Å². The molecule has 2 aromatic heterocycles.